The van der Waals surface area contributed by atoms with Crippen LogP contribution in [0.4, 0.5) is 5.82 Å². The number of H-pyrrole nitrogens is 1. The quantitative estimate of drug-likeness (QED) is 0.649. The lowest BCUT2D eigenvalue weighted by Crippen LogP contribution is -2.32. The van der Waals surface area contributed by atoms with Crippen LogP contribution < -0.4 is 5.32 Å². The first kappa shape index (κ1) is 18.1. The molecule has 1 aliphatic rings. The van der Waals surface area contributed by atoms with E-state index in [2.05, 4.69) is 15.5 Å². The highest BCUT2D eigenvalue weighted by atomic mass is 32.1. The van der Waals surface area contributed by atoms with E-state index in [1.165, 1.54) is 4.88 Å². The SMILES string of the molecule is Cc1ccc2c(c1)C(=O)N(CCC(=O)Nc1cc(-c3ccc(C)s3)[nH]n1)C2=O. The summed E-state index contributed by atoms with van der Waals surface area (Å²) in [5.74, 6) is -0.619. The number of carbonyl (C=O) groups excluding carboxylic acids is 3. The van der Waals surface area contributed by atoms with Gasteiger partial charge in [0.2, 0.25) is 5.91 Å². The Labute approximate surface area is 165 Å². The summed E-state index contributed by atoms with van der Waals surface area (Å²) >= 11 is 1.63. The van der Waals surface area contributed by atoms with Crippen molar-refractivity contribution in [2.45, 2.75) is 20.3 Å². The Morgan fingerprint density at radius 1 is 1.11 bits per heavy atom. The Morgan fingerprint density at radius 2 is 1.89 bits per heavy atom. The summed E-state index contributed by atoms with van der Waals surface area (Å²) in [6.07, 6.45) is 0.00472. The van der Waals surface area contributed by atoms with Crippen LogP contribution in [0.15, 0.2) is 36.4 Å². The van der Waals surface area contributed by atoms with E-state index in [1.54, 1.807) is 35.6 Å². The third-order valence-electron chi connectivity index (χ3n) is 4.54. The van der Waals surface area contributed by atoms with Gasteiger partial charge in [0.15, 0.2) is 5.82 Å². The summed E-state index contributed by atoms with van der Waals surface area (Å²) < 4.78 is 0. The fourth-order valence-electron chi connectivity index (χ4n) is 3.12. The maximum absolute atomic E-state index is 12.4. The fourth-order valence-corrected chi connectivity index (χ4v) is 3.95. The minimum atomic E-state index is -0.358. The number of aryl methyl sites for hydroxylation is 2. The van der Waals surface area contributed by atoms with Crippen LogP contribution in [0.25, 0.3) is 10.6 Å². The zero-order valence-electron chi connectivity index (χ0n) is 15.4. The number of nitrogens with zero attached hydrogens (tertiary/aromatic N) is 2. The molecule has 0 unspecified atom stereocenters. The molecule has 3 amide bonds. The van der Waals surface area contributed by atoms with Gasteiger partial charge in [0, 0.05) is 23.9 Å². The molecule has 0 atom stereocenters. The molecule has 0 bridgehead atoms. The van der Waals surface area contributed by atoms with Crippen molar-refractivity contribution < 1.29 is 14.4 Å². The molecule has 0 radical (unpaired) electrons. The monoisotopic (exact) mass is 394 g/mol. The Hall–Kier alpha value is -3.26. The van der Waals surface area contributed by atoms with Crippen molar-refractivity contribution in [3.63, 3.8) is 0 Å². The smallest absolute Gasteiger partial charge is 0.261 e. The lowest BCUT2D eigenvalue weighted by atomic mass is 10.1. The molecule has 0 saturated heterocycles. The van der Waals surface area contributed by atoms with Crippen LogP contribution in [0.1, 0.15) is 37.6 Å². The van der Waals surface area contributed by atoms with Gasteiger partial charge in [-0.2, -0.15) is 5.10 Å². The van der Waals surface area contributed by atoms with E-state index in [9.17, 15) is 14.4 Å². The summed E-state index contributed by atoms with van der Waals surface area (Å²) in [4.78, 5) is 40.4. The van der Waals surface area contributed by atoms with Crippen LogP contribution >= 0.6 is 11.3 Å². The van der Waals surface area contributed by atoms with Crippen molar-refractivity contribution in [1.82, 2.24) is 15.1 Å². The summed E-state index contributed by atoms with van der Waals surface area (Å²) in [5, 5.41) is 9.69. The number of thiophene rings is 1. The van der Waals surface area contributed by atoms with E-state index in [-0.39, 0.29) is 30.7 Å². The summed E-state index contributed by atoms with van der Waals surface area (Å²) in [7, 11) is 0. The van der Waals surface area contributed by atoms with E-state index >= 15 is 0 Å². The average Bonchev–Trinajstić information content (AvgIpc) is 3.34. The maximum Gasteiger partial charge on any atom is 0.261 e. The molecule has 1 aliphatic heterocycles. The van der Waals surface area contributed by atoms with Gasteiger partial charge < -0.3 is 5.32 Å². The second kappa shape index (κ2) is 7.05. The molecule has 0 fully saturated rings. The topological polar surface area (TPSA) is 95.2 Å². The molecular weight excluding hydrogens is 376 g/mol. The highest BCUT2D eigenvalue weighted by molar-refractivity contribution is 7.15. The number of hydrogen-bond acceptors (Lipinski definition) is 5. The van der Waals surface area contributed by atoms with Gasteiger partial charge in [0.05, 0.1) is 21.7 Å². The number of imide groups is 1. The lowest BCUT2D eigenvalue weighted by molar-refractivity contribution is -0.116. The Morgan fingerprint density at radius 3 is 2.64 bits per heavy atom. The highest BCUT2D eigenvalue weighted by Crippen LogP contribution is 2.27. The number of carbonyl (C=O) groups is 3. The molecule has 0 spiro atoms. The summed E-state index contributed by atoms with van der Waals surface area (Å²) in [5.41, 5.74) is 2.52. The number of nitrogens with one attached hydrogen (secondary N) is 2. The minimum Gasteiger partial charge on any atom is -0.309 e. The predicted octanol–water partition coefficient (Wildman–Crippen LogP) is 3.38. The van der Waals surface area contributed by atoms with Crippen LogP contribution in [0.3, 0.4) is 0 Å². The zero-order chi connectivity index (χ0) is 19.8. The van der Waals surface area contributed by atoms with Crippen LogP contribution in [0.2, 0.25) is 0 Å². The van der Waals surface area contributed by atoms with Crippen molar-refractivity contribution in [2.24, 2.45) is 0 Å². The number of fused-ring (bicyclic) bond motifs is 1. The number of aromatic amines is 1. The summed E-state index contributed by atoms with van der Waals surface area (Å²) in [6, 6.07) is 10.9. The Kier molecular flexibility index (Phi) is 4.56. The molecule has 0 saturated carbocycles. The molecule has 2 N–H and O–H groups in total. The molecule has 1 aromatic carbocycles. The molecule has 0 aliphatic carbocycles. The van der Waals surface area contributed by atoms with Gasteiger partial charge in [0.1, 0.15) is 0 Å². The normalized spacial score (nSPS) is 13.1. The maximum atomic E-state index is 12.4. The molecule has 4 rings (SSSR count). The van der Waals surface area contributed by atoms with Crippen molar-refractivity contribution in [1.29, 1.82) is 0 Å². The third-order valence-corrected chi connectivity index (χ3v) is 5.57. The predicted molar refractivity (Wildman–Crippen MR) is 106 cm³/mol. The summed E-state index contributed by atoms with van der Waals surface area (Å²) in [6.45, 7) is 3.91. The van der Waals surface area contributed by atoms with Crippen molar-refractivity contribution >= 4 is 34.9 Å². The first-order chi connectivity index (χ1) is 13.4. The van der Waals surface area contributed by atoms with Gasteiger partial charge >= 0.3 is 0 Å². The van der Waals surface area contributed by atoms with Gasteiger partial charge in [-0.25, -0.2) is 0 Å². The minimum absolute atomic E-state index is 0.00472. The highest BCUT2D eigenvalue weighted by Gasteiger charge is 2.35. The molecule has 3 heterocycles. The second-order valence-corrected chi connectivity index (χ2v) is 7.97. The van der Waals surface area contributed by atoms with Gasteiger partial charge in [-0.1, -0.05) is 11.6 Å². The molecule has 2 aromatic heterocycles. The lowest BCUT2D eigenvalue weighted by Gasteiger charge is -2.12. The van der Waals surface area contributed by atoms with E-state index in [0.717, 1.165) is 21.0 Å². The first-order valence-corrected chi connectivity index (χ1v) is 9.63. The third kappa shape index (κ3) is 3.34. The number of hydrogen-bond donors (Lipinski definition) is 2. The molecule has 8 heteroatoms. The van der Waals surface area contributed by atoms with Crippen LogP contribution in [-0.4, -0.2) is 39.4 Å². The average molecular weight is 394 g/mol. The van der Waals surface area contributed by atoms with E-state index in [4.69, 9.17) is 0 Å². The fraction of sp³-hybridized carbons (Fsp3) is 0.200. The number of rotatable bonds is 5. The molecule has 28 heavy (non-hydrogen) atoms. The standard InChI is InChI=1S/C20H18N4O3S/c1-11-3-5-13-14(9-11)20(27)24(19(13)26)8-7-18(25)21-17-10-15(22-23-17)16-6-4-12(2)28-16/h3-6,9-10H,7-8H2,1-2H3,(H2,21,22,23,25). The first-order valence-electron chi connectivity index (χ1n) is 8.81. The van der Waals surface area contributed by atoms with E-state index in [0.29, 0.717) is 16.9 Å². The van der Waals surface area contributed by atoms with Crippen molar-refractivity contribution in [3.05, 3.63) is 58.0 Å². The second-order valence-electron chi connectivity index (χ2n) is 6.69. The number of benzene rings is 1. The Balaban J connectivity index is 1.37. The molecule has 142 valence electrons. The zero-order valence-corrected chi connectivity index (χ0v) is 16.2. The van der Waals surface area contributed by atoms with Crippen molar-refractivity contribution in [2.75, 3.05) is 11.9 Å². The van der Waals surface area contributed by atoms with E-state index in [1.807, 2.05) is 26.0 Å². The van der Waals surface area contributed by atoms with Crippen LogP contribution in [0.5, 0.6) is 0 Å². The molecule has 3 aromatic rings. The van der Waals surface area contributed by atoms with E-state index < -0.39 is 0 Å². The number of aromatic nitrogens is 2. The molecule has 7 nitrogen and oxygen atoms in total. The van der Waals surface area contributed by atoms with Crippen LogP contribution in [-0.2, 0) is 4.79 Å². The van der Waals surface area contributed by atoms with Crippen LogP contribution in [0, 0.1) is 13.8 Å². The number of anilines is 1. The van der Waals surface area contributed by atoms with Gasteiger partial charge in [-0.05, 0) is 38.1 Å². The van der Waals surface area contributed by atoms with Gasteiger partial charge in [0.25, 0.3) is 11.8 Å². The largest absolute Gasteiger partial charge is 0.309 e. The van der Waals surface area contributed by atoms with Crippen molar-refractivity contribution in [3.8, 4) is 10.6 Å². The number of amides is 3. The molecular formula is C20H18N4O3S. The van der Waals surface area contributed by atoms with Gasteiger partial charge in [-0.15, -0.1) is 11.3 Å². The van der Waals surface area contributed by atoms with Gasteiger partial charge in [-0.3, -0.25) is 24.4 Å². The Bertz CT molecular complexity index is 1100.